The molecular weight excluding hydrogens is 298 g/mol. The van der Waals surface area contributed by atoms with E-state index in [0.717, 1.165) is 29.9 Å². The van der Waals surface area contributed by atoms with Crippen molar-refractivity contribution < 1.29 is 9.15 Å². The Morgan fingerprint density at radius 1 is 1.50 bits per heavy atom. The average Bonchev–Trinajstić information content (AvgIpc) is 3.20. The van der Waals surface area contributed by atoms with Crippen LogP contribution in [0.15, 0.2) is 27.8 Å². The lowest BCUT2D eigenvalue weighted by molar-refractivity contribution is 0.105. The second-order valence-corrected chi connectivity index (χ2v) is 6.63. The van der Waals surface area contributed by atoms with E-state index in [4.69, 9.17) is 9.15 Å². The van der Waals surface area contributed by atoms with Gasteiger partial charge >= 0.3 is 0 Å². The van der Waals surface area contributed by atoms with E-state index in [0.29, 0.717) is 19.3 Å². The Bertz CT molecular complexity index is 437. The molecule has 2 N–H and O–H groups in total. The number of ether oxygens (including phenoxy) is 1. The predicted octanol–water partition coefficient (Wildman–Crippen LogP) is 2.64. The van der Waals surface area contributed by atoms with Crippen LogP contribution in [0, 0.1) is 0 Å². The fourth-order valence-corrected chi connectivity index (χ4v) is 3.42. The summed E-state index contributed by atoms with van der Waals surface area (Å²) >= 11 is 1.97. The molecule has 1 fully saturated rings. The maximum Gasteiger partial charge on any atom is 0.191 e. The number of nitrogens with one attached hydrogen (secondary N) is 2. The molecule has 5 nitrogen and oxygen atoms in total. The van der Waals surface area contributed by atoms with Gasteiger partial charge in [0.1, 0.15) is 12.4 Å². The molecule has 6 heteroatoms. The van der Waals surface area contributed by atoms with Crippen molar-refractivity contribution in [2.75, 3.05) is 26.5 Å². The number of rotatable bonds is 8. The first kappa shape index (κ1) is 17.2. The van der Waals surface area contributed by atoms with Crippen molar-refractivity contribution in [2.24, 2.45) is 4.99 Å². The average molecular weight is 325 g/mol. The smallest absolute Gasteiger partial charge is 0.191 e. The van der Waals surface area contributed by atoms with E-state index in [1.807, 2.05) is 30.9 Å². The Morgan fingerprint density at radius 3 is 3.09 bits per heavy atom. The van der Waals surface area contributed by atoms with Crippen LogP contribution in [0.3, 0.4) is 0 Å². The third-order valence-corrected chi connectivity index (χ3v) is 4.96. The van der Waals surface area contributed by atoms with Crippen LogP contribution >= 0.6 is 11.8 Å². The van der Waals surface area contributed by atoms with E-state index >= 15 is 0 Å². The molecule has 0 spiro atoms. The molecule has 2 atom stereocenters. The Hall–Kier alpha value is -1.14. The van der Waals surface area contributed by atoms with Gasteiger partial charge in [0.2, 0.25) is 0 Å². The van der Waals surface area contributed by atoms with Gasteiger partial charge in [-0.2, -0.15) is 11.8 Å². The van der Waals surface area contributed by atoms with Gasteiger partial charge in [-0.25, -0.2) is 0 Å². The van der Waals surface area contributed by atoms with Crippen LogP contribution in [-0.2, 0) is 11.3 Å². The van der Waals surface area contributed by atoms with Gasteiger partial charge in [0.25, 0.3) is 0 Å². The zero-order valence-electron chi connectivity index (χ0n) is 13.5. The van der Waals surface area contributed by atoms with Crippen molar-refractivity contribution >= 4 is 17.7 Å². The molecule has 2 unspecified atom stereocenters. The third kappa shape index (κ3) is 5.93. The Labute approximate surface area is 137 Å². The van der Waals surface area contributed by atoms with Crippen LogP contribution in [0.1, 0.15) is 31.4 Å². The maximum absolute atomic E-state index is 5.56. The monoisotopic (exact) mass is 325 g/mol. The number of furan rings is 1. The third-order valence-electron chi connectivity index (χ3n) is 3.86. The zero-order chi connectivity index (χ0) is 15.6. The lowest BCUT2D eigenvalue weighted by atomic mass is 10.2. The summed E-state index contributed by atoms with van der Waals surface area (Å²) in [4.78, 5) is 4.29. The highest BCUT2D eigenvalue weighted by Crippen LogP contribution is 2.27. The van der Waals surface area contributed by atoms with Crippen molar-refractivity contribution in [3.63, 3.8) is 0 Å². The number of guanidine groups is 1. The SMILES string of the molecule is CN=C(NCCCOCc1ccco1)NC1CCC(SC)C1. The van der Waals surface area contributed by atoms with Crippen LogP contribution < -0.4 is 10.6 Å². The highest BCUT2D eigenvalue weighted by molar-refractivity contribution is 7.99. The normalized spacial score (nSPS) is 22.0. The molecule has 1 saturated carbocycles. The van der Waals surface area contributed by atoms with Gasteiger partial charge in [-0.3, -0.25) is 4.99 Å². The predicted molar refractivity (Wildman–Crippen MR) is 92.4 cm³/mol. The maximum atomic E-state index is 5.56. The molecule has 0 bridgehead atoms. The van der Waals surface area contributed by atoms with E-state index in [9.17, 15) is 0 Å². The molecule has 0 radical (unpaired) electrons. The molecule has 22 heavy (non-hydrogen) atoms. The minimum absolute atomic E-state index is 0.540. The van der Waals surface area contributed by atoms with Gasteiger partial charge < -0.3 is 19.8 Å². The van der Waals surface area contributed by atoms with Crippen molar-refractivity contribution in [1.29, 1.82) is 0 Å². The van der Waals surface area contributed by atoms with Crippen LogP contribution in [0.2, 0.25) is 0 Å². The van der Waals surface area contributed by atoms with Crippen molar-refractivity contribution in [3.8, 4) is 0 Å². The fourth-order valence-electron chi connectivity index (χ4n) is 2.62. The van der Waals surface area contributed by atoms with Gasteiger partial charge in [-0.15, -0.1) is 0 Å². The van der Waals surface area contributed by atoms with Crippen LogP contribution in [0.5, 0.6) is 0 Å². The quantitative estimate of drug-likeness (QED) is 0.437. The first-order valence-corrected chi connectivity index (χ1v) is 9.20. The number of hydrogen-bond donors (Lipinski definition) is 2. The minimum atomic E-state index is 0.540. The molecule has 1 heterocycles. The van der Waals surface area contributed by atoms with Gasteiger partial charge in [0, 0.05) is 31.5 Å². The molecular formula is C16H27N3O2S. The summed E-state index contributed by atoms with van der Waals surface area (Å²) in [6.07, 6.45) is 8.58. The van der Waals surface area contributed by atoms with Gasteiger partial charge in [0.15, 0.2) is 5.96 Å². The Balaban J connectivity index is 1.53. The van der Waals surface area contributed by atoms with Crippen molar-refractivity contribution in [3.05, 3.63) is 24.2 Å². The molecule has 0 amide bonds. The molecule has 1 aliphatic rings. The number of thioether (sulfide) groups is 1. The van der Waals surface area contributed by atoms with Gasteiger partial charge in [-0.05, 0) is 44.1 Å². The van der Waals surface area contributed by atoms with E-state index in [1.165, 1.54) is 19.3 Å². The molecule has 0 aliphatic heterocycles. The highest BCUT2D eigenvalue weighted by atomic mass is 32.2. The number of nitrogens with zero attached hydrogens (tertiary/aromatic N) is 1. The summed E-state index contributed by atoms with van der Waals surface area (Å²) in [6, 6.07) is 4.35. The van der Waals surface area contributed by atoms with E-state index in [-0.39, 0.29) is 0 Å². The first-order valence-electron chi connectivity index (χ1n) is 7.92. The molecule has 124 valence electrons. The van der Waals surface area contributed by atoms with E-state index < -0.39 is 0 Å². The number of hydrogen-bond acceptors (Lipinski definition) is 4. The van der Waals surface area contributed by atoms with Gasteiger partial charge in [-0.1, -0.05) is 0 Å². The summed E-state index contributed by atoms with van der Waals surface area (Å²) in [5.74, 6) is 1.77. The molecule has 0 saturated heterocycles. The summed E-state index contributed by atoms with van der Waals surface area (Å²) in [5, 5.41) is 7.66. The first-order chi connectivity index (χ1) is 10.8. The van der Waals surface area contributed by atoms with E-state index in [1.54, 1.807) is 6.26 Å². The lowest BCUT2D eigenvalue weighted by Crippen LogP contribution is -2.43. The second-order valence-electron chi connectivity index (χ2n) is 5.50. The standard InChI is InChI=1S/C16H27N3O2S/c1-17-16(19-13-6-7-15(11-13)22-2)18-8-4-9-20-12-14-5-3-10-21-14/h3,5,10,13,15H,4,6-9,11-12H2,1-2H3,(H2,17,18,19). The van der Waals surface area contributed by atoms with Crippen LogP contribution in [0.25, 0.3) is 0 Å². The topological polar surface area (TPSA) is 58.8 Å². The zero-order valence-corrected chi connectivity index (χ0v) is 14.3. The molecule has 2 rings (SSSR count). The molecule has 1 aromatic heterocycles. The summed E-state index contributed by atoms with van der Waals surface area (Å²) < 4.78 is 10.8. The summed E-state index contributed by atoms with van der Waals surface area (Å²) in [7, 11) is 1.82. The highest BCUT2D eigenvalue weighted by Gasteiger charge is 2.24. The molecule has 1 aliphatic carbocycles. The van der Waals surface area contributed by atoms with Crippen molar-refractivity contribution in [2.45, 2.75) is 43.6 Å². The van der Waals surface area contributed by atoms with Crippen LogP contribution in [0.4, 0.5) is 0 Å². The fraction of sp³-hybridized carbons (Fsp3) is 0.688. The Morgan fingerprint density at radius 2 is 2.41 bits per heavy atom. The van der Waals surface area contributed by atoms with Crippen LogP contribution in [-0.4, -0.2) is 43.7 Å². The largest absolute Gasteiger partial charge is 0.467 e. The Kier molecular flexibility index (Phi) is 7.66. The summed E-state index contributed by atoms with van der Waals surface area (Å²) in [6.45, 7) is 2.11. The molecule has 0 aromatic carbocycles. The summed E-state index contributed by atoms with van der Waals surface area (Å²) in [5.41, 5.74) is 0. The minimum Gasteiger partial charge on any atom is -0.467 e. The lowest BCUT2D eigenvalue weighted by Gasteiger charge is -2.17. The second kappa shape index (κ2) is 9.79. The molecule has 1 aromatic rings. The van der Waals surface area contributed by atoms with Gasteiger partial charge in [0.05, 0.1) is 6.26 Å². The number of aliphatic imine (C=N–C) groups is 1. The van der Waals surface area contributed by atoms with E-state index in [2.05, 4.69) is 21.9 Å². The van der Waals surface area contributed by atoms with Crippen molar-refractivity contribution in [1.82, 2.24) is 10.6 Å².